The molecule has 20 N–H and O–H groups in total. The molecular formula is C112H84O24. The van der Waals surface area contributed by atoms with Crippen molar-refractivity contribution in [2.45, 2.75) is 95.4 Å². The van der Waals surface area contributed by atoms with Gasteiger partial charge in [-0.25, -0.2) is 0 Å². The number of fused-ring (bicyclic) bond motifs is 8. The summed E-state index contributed by atoms with van der Waals surface area (Å²) < 4.78 is 29.8. The van der Waals surface area contributed by atoms with Gasteiger partial charge < -0.3 is 121 Å². The Kier molecular flexibility index (Phi) is 19.1. The summed E-state index contributed by atoms with van der Waals surface area (Å²) >= 11 is 0. The molecule has 7 aliphatic rings. The summed E-state index contributed by atoms with van der Waals surface area (Å²) in [5, 5.41) is 246. The SMILES string of the molecule is Oc1ccc(C(c2c(O)cc3c4c2O[C@@H](c2ccc(O)cc2)[C@@H]4c2cc(O)cc(O)c2[C@@H](c2ccc(O)cc2)[C@@H]3[C@@H]2c3cc(O)cc4c3[C@@H](c3cc(O)cc(O)c3[C@H]2c2ccc(O)cc2)[C@H](c2ccc(O)cc2)O4)[C@@H]2c3c(c(O)cc4c3[C@@H](c3cc(O)cc(O)c3)[C@H](c3ccc(O)cc3)O4)[C@H](c3cc(O)cc4c3[C@H](c3cc(O)cc(O)c3)[C@@H](c3ccc(O)cc3)O4)[C@H]2c2ccc(O)cc2)cc1. The van der Waals surface area contributed by atoms with Crippen molar-refractivity contribution >= 4 is 0 Å². The fourth-order valence-corrected chi connectivity index (χ4v) is 23.9. The molecule has 16 aromatic rings. The summed E-state index contributed by atoms with van der Waals surface area (Å²) in [7, 11) is 0. The van der Waals surface area contributed by atoms with Crippen LogP contribution in [0, 0.1) is 0 Å². The van der Waals surface area contributed by atoms with Gasteiger partial charge in [0.05, 0.1) is 23.7 Å². The zero-order valence-corrected chi connectivity index (χ0v) is 71.5. The van der Waals surface area contributed by atoms with E-state index in [0.717, 1.165) is 12.1 Å². The first-order valence-electron chi connectivity index (χ1n) is 44.3. The minimum absolute atomic E-state index is 0.00987. The molecule has 0 aromatic heterocycles. The van der Waals surface area contributed by atoms with Crippen molar-refractivity contribution < 1.29 is 121 Å². The van der Waals surface area contributed by atoms with Crippen LogP contribution in [-0.4, -0.2) is 102 Å². The van der Waals surface area contributed by atoms with Crippen LogP contribution in [0.2, 0.25) is 0 Å². The van der Waals surface area contributed by atoms with Crippen molar-refractivity contribution in [3.05, 3.63) is 425 Å². The van der Waals surface area contributed by atoms with E-state index < -0.39 is 124 Å². The highest BCUT2D eigenvalue weighted by Gasteiger charge is 2.60. The van der Waals surface area contributed by atoms with Crippen LogP contribution in [-0.2, 0) is 0 Å². The molecule has 3 aliphatic carbocycles. The lowest BCUT2D eigenvalue weighted by molar-refractivity contribution is 0.217. The third kappa shape index (κ3) is 13.3. The minimum atomic E-state index is -1.50. The zero-order valence-electron chi connectivity index (χ0n) is 71.5. The van der Waals surface area contributed by atoms with Crippen LogP contribution in [0.25, 0.3) is 0 Å². The van der Waals surface area contributed by atoms with Crippen LogP contribution in [0.15, 0.2) is 291 Å². The smallest absolute Gasteiger partial charge is 0.135 e. The van der Waals surface area contributed by atoms with Gasteiger partial charge >= 0.3 is 0 Å². The molecule has 0 bridgehead atoms. The molecule has 24 nitrogen and oxygen atoms in total. The highest BCUT2D eigenvalue weighted by atomic mass is 16.5. The average Bonchev–Trinajstić information content (AvgIpc) is 1.52. The molecule has 676 valence electrons. The molecule has 4 heterocycles. The van der Waals surface area contributed by atoms with Crippen molar-refractivity contribution in [2.24, 2.45) is 0 Å². The number of benzene rings is 16. The molecule has 24 heteroatoms. The van der Waals surface area contributed by atoms with E-state index in [0.29, 0.717) is 77.9 Å². The van der Waals surface area contributed by atoms with Gasteiger partial charge in [-0.3, -0.25) is 0 Å². The summed E-state index contributed by atoms with van der Waals surface area (Å²) in [6.45, 7) is 0. The van der Waals surface area contributed by atoms with Gasteiger partial charge in [-0.2, -0.15) is 0 Å². The normalized spacial score (nSPS) is 22.2. The molecule has 0 saturated carbocycles. The van der Waals surface area contributed by atoms with Crippen molar-refractivity contribution in [3.63, 3.8) is 0 Å². The Bertz CT molecular complexity index is 7520. The van der Waals surface area contributed by atoms with Crippen LogP contribution in [0.1, 0.15) is 229 Å². The largest absolute Gasteiger partial charge is 0.508 e. The zero-order chi connectivity index (χ0) is 93.7. The second kappa shape index (κ2) is 31.2. The van der Waals surface area contributed by atoms with Crippen LogP contribution in [0.5, 0.6) is 138 Å². The molecule has 1 unspecified atom stereocenters. The van der Waals surface area contributed by atoms with Gasteiger partial charge in [0.25, 0.3) is 0 Å². The van der Waals surface area contributed by atoms with Crippen molar-refractivity contribution in [2.75, 3.05) is 0 Å². The summed E-state index contributed by atoms with van der Waals surface area (Å²) in [5.74, 6) is -20.8. The maximum absolute atomic E-state index is 15.4. The Morgan fingerprint density at radius 1 is 0.176 bits per heavy atom. The highest BCUT2D eigenvalue weighted by Crippen LogP contribution is 2.75. The topological polar surface area (TPSA) is 442 Å². The number of aromatic hydroxyl groups is 20. The predicted molar refractivity (Wildman–Crippen MR) is 496 cm³/mol. The van der Waals surface area contributed by atoms with Crippen molar-refractivity contribution in [1.29, 1.82) is 0 Å². The van der Waals surface area contributed by atoms with Gasteiger partial charge in [0.1, 0.15) is 162 Å². The van der Waals surface area contributed by atoms with Gasteiger partial charge in [0.2, 0.25) is 0 Å². The monoisotopic (exact) mass is 1810 g/mol. The molecule has 0 saturated heterocycles. The Hall–Kier alpha value is -17.3. The first-order valence-corrected chi connectivity index (χ1v) is 44.3. The molecule has 23 rings (SSSR count). The second-order valence-electron chi connectivity index (χ2n) is 36.5. The molecule has 4 aliphatic heterocycles. The van der Waals surface area contributed by atoms with Crippen LogP contribution < -0.4 is 18.9 Å². The van der Waals surface area contributed by atoms with Gasteiger partial charge in [0.15, 0.2) is 0 Å². The number of phenolic OH excluding ortho intramolecular Hbond substituents is 20. The average molecular weight is 1810 g/mol. The van der Waals surface area contributed by atoms with Crippen molar-refractivity contribution in [1.82, 2.24) is 0 Å². The molecule has 136 heavy (non-hydrogen) atoms. The Morgan fingerprint density at radius 2 is 0.478 bits per heavy atom. The summed E-state index contributed by atoms with van der Waals surface area (Å²) in [6, 6.07) is 73.0. The summed E-state index contributed by atoms with van der Waals surface area (Å²) in [5.41, 5.74) is 7.63. The predicted octanol–water partition coefficient (Wildman–Crippen LogP) is 20.9. The second-order valence-corrected chi connectivity index (χ2v) is 36.5. The quantitative estimate of drug-likeness (QED) is 0.0481. The number of rotatable bonds is 14. The fourth-order valence-electron chi connectivity index (χ4n) is 23.9. The lowest BCUT2D eigenvalue weighted by Crippen LogP contribution is -2.27. The standard InChI is InChI=1S/C112H84O24/c113-59-17-1-49(2-18-59)87-93-75(39-71(125)43-80(93)129)100-96-78(42-74(128)46-85(96)134-110(100)55-13-29-65(119)30-14-55)97(87)98-79-47-82(131)104(112-102(79)101(111(136-112)56-15-31-66(120)32-16-56)76-40-72(126)44-81(130)94(76)88(98)50-3-19-60(114)20-4-50)90(52-7-23-62(116)24-8-52)106-89(51-5-21-61(115)22-6-51)99(77-41-73(127)45-84-95(77)91(57-33-67(121)37-68(122)34-57)108(133-84)53-9-25-63(117)26-10-53)103-83(132)48-86-105(107(103)106)92(58-35-69(123)38-70(124)36-58)109(135-86)54-11-27-64(118)28-12-54/h1-48,87-92,97-101,106,108-111,113-132H/t87-,88-,89-,90?,91+,92-,97-,98-,99-,100-,101-,106-,108-,109+,110+,111+/m1/s1. The number of phenols is 20. The van der Waals surface area contributed by atoms with E-state index in [4.69, 9.17) is 18.9 Å². The highest BCUT2D eigenvalue weighted by molar-refractivity contribution is 5.78. The van der Waals surface area contributed by atoms with Crippen LogP contribution >= 0.6 is 0 Å². The summed E-state index contributed by atoms with van der Waals surface area (Å²) in [6.07, 6.45) is -4.65. The molecular weight excluding hydrogens is 1730 g/mol. The van der Waals surface area contributed by atoms with Gasteiger partial charge in [-0.1, -0.05) is 97.1 Å². The van der Waals surface area contributed by atoms with E-state index in [1.54, 1.807) is 109 Å². The Labute approximate surface area is 774 Å². The molecule has 16 aromatic carbocycles. The fraction of sp³-hybridized carbons (Fsp3) is 0.143. The first kappa shape index (κ1) is 83.1. The third-order valence-electron chi connectivity index (χ3n) is 28.9. The van der Waals surface area contributed by atoms with E-state index in [9.17, 15) is 97.0 Å². The number of hydrogen-bond acceptors (Lipinski definition) is 24. The van der Waals surface area contributed by atoms with Crippen LogP contribution in [0.4, 0.5) is 0 Å². The van der Waals surface area contributed by atoms with Gasteiger partial charge in [0, 0.05) is 134 Å². The maximum atomic E-state index is 15.4. The summed E-state index contributed by atoms with van der Waals surface area (Å²) in [4.78, 5) is 0. The van der Waals surface area contributed by atoms with E-state index in [2.05, 4.69) is 0 Å². The minimum Gasteiger partial charge on any atom is -0.508 e. The third-order valence-corrected chi connectivity index (χ3v) is 28.9. The van der Waals surface area contributed by atoms with Gasteiger partial charge in [-0.15, -0.1) is 0 Å². The Balaban J connectivity index is 0.882. The van der Waals surface area contributed by atoms with Gasteiger partial charge in [-0.05, 0) is 241 Å². The lowest BCUT2D eigenvalue weighted by atomic mass is 9.61. The first-order chi connectivity index (χ1) is 65.6. The Morgan fingerprint density at radius 3 is 0.890 bits per heavy atom. The number of hydrogen-bond donors (Lipinski definition) is 20. The molecule has 16 atom stereocenters. The van der Waals surface area contributed by atoms with E-state index >= 15 is 5.11 Å². The molecule has 0 spiro atoms. The van der Waals surface area contributed by atoms with E-state index in [-0.39, 0.29) is 165 Å². The van der Waals surface area contributed by atoms with E-state index in [1.807, 2.05) is 0 Å². The maximum Gasteiger partial charge on any atom is 0.135 e. The van der Waals surface area contributed by atoms with Crippen LogP contribution in [0.3, 0.4) is 0 Å². The van der Waals surface area contributed by atoms with Crippen molar-refractivity contribution in [3.8, 4) is 138 Å². The number of ether oxygens (including phenoxy) is 4. The van der Waals surface area contributed by atoms with E-state index in [1.165, 1.54) is 170 Å². The molecule has 0 amide bonds. The molecule has 0 radical (unpaired) electrons. The lowest BCUT2D eigenvalue weighted by Gasteiger charge is -2.41. The molecule has 0 fully saturated rings.